The van der Waals surface area contributed by atoms with Gasteiger partial charge >= 0.3 is 6.18 Å². The SMILES string of the molecule is CCCOc1ccc(C(F)(F)F)cc1NC(=O)c1ccc([N+](=O)[O-])cc1Cl. The van der Waals surface area contributed by atoms with Crippen molar-refractivity contribution in [2.75, 3.05) is 11.9 Å². The summed E-state index contributed by atoms with van der Waals surface area (Å²) in [5.74, 6) is -0.758. The number of benzene rings is 2. The molecule has 0 aromatic heterocycles. The first-order valence-corrected chi connectivity index (χ1v) is 8.10. The van der Waals surface area contributed by atoms with Gasteiger partial charge in [0.05, 0.1) is 33.4 Å². The van der Waals surface area contributed by atoms with Crippen molar-refractivity contribution in [1.82, 2.24) is 0 Å². The molecule has 1 amide bonds. The van der Waals surface area contributed by atoms with Crippen LogP contribution in [0.15, 0.2) is 36.4 Å². The van der Waals surface area contributed by atoms with Gasteiger partial charge < -0.3 is 10.1 Å². The van der Waals surface area contributed by atoms with E-state index in [1.165, 1.54) is 0 Å². The standard InChI is InChI=1S/C17H14ClF3N2O4/c1-2-7-27-15-6-3-10(17(19,20)21)8-14(15)22-16(24)12-5-4-11(23(25)26)9-13(12)18/h3-6,8-9H,2,7H2,1H3,(H,22,24). The molecule has 0 aliphatic carbocycles. The number of halogens is 4. The summed E-state index contributed by atoms with van der Waals surface area (Å²) in [6.45, 7) is 2.06. The number of nitrogens with one attached hydrogen (secondary N) is 1. The van der Waals surface area contributed by atoms with Gasteiger partial charge in [-0.2, -0.15) is 13.2 Å². The second-order valence-electron chi connectivity index (χ2n) is 5.43. The fourth-order valence-electron chi connectivity index (χ4n) is 2.13. The molecule has 0 spiro atoms. The lowest BCUT2D eigenvalue weighted by atomic mass is 10.1. The summed E-state index contributed by atoms with van der Waals surface area (Å²) in [7, 11) is 0. The summed E-state index contributed by atoms with van der Waals surface area (Å²) < 4.78 is 44.2. The van der Waals surface area contributed by atoms with Gasteiger partial charge in [-0.25, -0.2) is 0 Å². The fourth-order valence-corrected chi connectivity index (χ4v) is 2.39. The van der Waals surface area contributed by atoms with Crippen LogP contribution in [0.3, 0.4) is 0 Å². The molecule has 0 aliphatic heterocycles. The number of non-ortho nitro benzene ring substituents is 1. The molecule has 0 unspecified atom stereocenters. The van der Waals surface area contributed by atoms with Crippen LogP contribution in [0, 0.1) is 10.1 Å². The molecule has 0 radical (unpaired) electrons. The molecule has 2 aromatic carbocycles. The second kappa shape index (κ2) is 8.26. The van der Waals surface area contributed by atoms with Crippen LogP contribution < -0.4 is 10.1 Å². The maximum atomic E-state index is 13.0. The molecule has 2 aromatic rings. The van der Waals surface area contributed by atoms with E-state index >= 15 is 0 Å². The van der Waals surface area contributed by atoms with Crippen molar-refractivity contribution in [2.24, 2.45) is 0 Å². The Balaban J connectivity index is 2.36. The van der Waals surface area contributed by atoms with Crippen LogP contribution >= 0.6 is 11.6 Å². The number of hydrogen-bond acceptors (Lipinski definition) is 4. The lowest BCUT2D eigenvalue weighted by molar-refractivity contribution is -0.384. The number of amides is 1. The Kier molecular flexibility index (Phi) is 6.27. The van der Waals surface area contributed by atoms with E-state index in [0.717, 1.165) is 36.4 Å². The Labute approximate surface area is 157 Å². The van der Waals surface area contributed by atoms with Crippen molar-refractivity contribution in [3.8, 4) is 5.75 Å². The first-order valence-electron chi connectivity index (χ1n) is 7.72. The van der Waals surface area contributed by atoms with Gasteiger partial charge in [0.15, 0.2) is 0 Å². The number of anilines is 1. The molecule has 1 N–H and O–H groups in total. The lowest BCUT2D eigenvalue weighted by Crippen LogP contribution is -2.15. The molecule has 0 bridgehead atoms. The fraction of sp³-hybridized carbons (Fsp3) is 0.235. The van der Waals surface area contributed by atoms with Gasteiger partial charge in [0.2, 0.25) is 0 Å². The number of ether oxygens (including phenoxy) is 1. The van der Waals surface area contributed by atoms with Crippen LogP contribution in [0.5, 0.6) is 5.75 Å². The minimum absolute atomic E-state index is 0.0660. The Morgan fingerprint density at radius 2 is 1.96 bits per heavy atom. The number of nitro groups is 1. The molecule has 0 atom stereocenters. The van der Waals surface area contributed by atoms with Crippen LogP contribution in [-0.4, -0.2) is 17.4 Å². The highest BCUT2D eigenvalue weighted by molar-refractivity contribution is 6.34. The highest BCUT2D eigenvalue weighted by Crippen LogP contribution is 2.35. The van der Waals surface area contributed by atoms with Gasteiger partial charge in [-0.1, -0.05) is 18.5 Å². The molecule has 0 heterocycles. The zero-order valence-corrected chi connectivity index (χ0v) is 14.7. The van der Waals surface area contributed by atoms with E-state index in [1.807, 2.05) is 6.92 Å². The van der Waals surface area contributed by atoms with Crippen molar-refractivity contribution in [2.45, 2.75) is 19.5 Å². The molecular formula is C17H14ClF3N2O4. The summed E-state index contributed by atoms with van der Waals surface area (Å²) in [4.78, 5) is 22.4. The number of carbonyl (C=O) groups is 1. The van der Waals surface area contributed by atoms with Crippen molar-refractivity contribution in [3.05, 3.63) is 62.7 Å². The molecule has 10 heteroatoms. The zero-order valence-electron chi connectivity index (χ0n) is 14.0. The van der Waals surface area contributed by atoms with Crippen LogP contribution in [-0.2, 0) is 6.18 Å². The first kappa shape index (κ1) is 20.5. The van der Waals surface area contributed by atoms with E-state index in [9.17, 15) is 28.1 Å². The van der Waals surface area contributed by atoms with E-state index in [0.29, 0.717) is 6.42 Å². The van der Waals surface area contributed by atoms with E-state index in [4.69, 9.17) is 16.3 Å². The smallest absolute Gasteiger partial charge is 0.416 e. The third-order valence-electron chi connectivity index (χ3n) is 3.42. The minimum Gasteiger partial charge on any atom is -0.491 e. The molecule has 0 saturated carbocycles. The number of nitrogens with zero attached hydrogens (tertiary/aromatic N) is 1. The highest BCUT2D eigenvalue weighted by atomic mass is 35.5. The average Bonchev–Trinajstić information content (AvgIpc) is 2.59. The monoisotopic (exact) mass is 402 g/mol. The summed E-state index contributed by atoms with van der Waals surface area (Å²) in [6.07, 6.45) is -3.99. The second-order valence-corrected chi connectivity index (χ2v) is 5.84. The van der Waals surface area contributed by atoms with Crippen LogP contribution in [0.4, 0.5) is 24.5 Å². The molecule has 0 aliphatic rings. The van der Waals surface area contributed by atoms with Crippen molar-refractivity contribution < 1.29 is 27.6 Å². The quantitative estimate of drug-likeness (QED) is 0.524. The van der Waals surface area contributed by atoms with Gasteiger partial charge in [-0.05, 0) is 30.7 Å². The third-order valence-corrected chi connectivity index (χ3v) is 3.74. The van der Waals surface area contributed by atoms with Crippen molar-refractivity contribution >= 4 is 28.9 Å². The summed E-state index contributed by atoms with van der Waals surface area (Å²) in [5, 5.41) is 12.8. The number of carbonyl (C=O) groups excluding carboxylic acids is 1. The Morgan fingerprint density at radius 1 is 1.26 bits per heavy atom. The zero-order chi connectivity index (χ0) is 20.2. The van der Waals surface area contributed by atoms with E-state index in [-0.39, 0.29) is 34.3 Å². The molecule has 0 fully saturated rings. The van der Waals surface area contributed by atoms with Gasteiger partial charge in [0.1, 0.15) is 5.75 Å². The van der Waals surface area contributed by atoms with Crippen molar-refractivity contribution in [3.63, 3.8) is 0 Å². The van der Waals surface area contributed by atoms with Gasteiger partial charge in [-0.3, -0.25) is 14.9 Å². The van der Waals surface area contributed by atoms with Crippen LogP contribution in [0.2, 0.25) is 5.02 Å². The molecule has 6 nitrogen and oxygen atoms in total. The molecule has 27 heavy (non-hydrogen) atoms. The average molecular weight is 403 g/mol. The molecule has 0 saturated heterocycles. The summed E-state index contributed by atoms with van der Waals surface area (Å²) >= 11 is 5.89. The van der Waals surface area contributed by atoms with Crippen molar-refractivity contribution in [1.29, 1.82) is 0 Å². The predicted molar refractivity (Wildman–Crippen MR) is 93.3 cm³/mol. The van der Waals surface area contributed by atoms with Crippen LogP contribution in [0.25, 0.3) is 0 Å². The first-order chi connectivity index (χ1) is 12.6. The maximum Gasteiger partial charge on any atom is 0.416 e. The number of hydrogen-bond donors (Lipinski definition) is 1. The van der Waals surface area contributed by atoms with E-state index in [2.05, 4.69) is 5.32 Å². The normalized spacial score (nSPS) is 11.1. The highest BCUT2D eigenvalue weighted by Gasteiger charge is 2.31. The Hall–Kier alpha value is -2.81. The third kappa shape index (κ3) is 5.10. The number of nitro benzene ring substituents is 1. The lowest BCUT2D eigenvalue weighted by Gasteiger charge is -2.15. The van der Waals surface area contributed by atoms with Gasteiger partial charge in [0, 0.05) is 12.1 Å². The summed E-state index contributed by atoms with van der Waals surface area (Å²) in [5.41, 5.74) is -1.59. The maximum absolute atomic E-state index is 13.0. The Bertz CT molecular complexity index is 872. The van der Waals surface area contributed by atoms with Gasteiger partial charge in [-0.15, -0.1) is 0 Å². The largest absolute Gasteiger partial charge is 0.491 e. The topological polar surface area (TPSA) is 81.5 Å². The molecular weight excluding hydrogens is 389 g/mol. The van der Waals surface area contributed by atoms with Crippen LogP contribution in [0.1, 0.15) is 29.3 Å². The number of alkyl halides is 3. The number of rotatable bonds is 6. The van der Waals surface area contributed by atoms with E-state index in [1.54, 1.807) is 0 Å². The molecule has 144 valence electrons. The van der Waals surface area contributed by atoms with Gasteiger partial charge in [0.25, 0.3) is 11.6 Å². The minimum atomic E-state index is -4.60. The molecule has 2 rings (SSSR count). The van der Waals surface area contributed by atoms with E-state index < -0.39 is 22.6 Å². The summed E-state index contributed by atoms with van der Waals surface area (Å²) in [6, 6.07) is 5.89. The Morgan fingerprint density at radius 3 is 2.52 bits per heavy atom. The predicted octanol–water partition coefficient (Wildman–Crippen LogP) is 5.31.